The van der Waals surface area contributed by atoms with Crippen LogP contribution in [0.5, 0.6) is 0 Å². The first-order valence-corrected chi connectivity index (χ1v) is 45.3. The minimum absolute atomic E-state index is 0.176. The van der Waals surface area contributed by atoms with Crippen LogP contribution in [0.25, 0.3) is 0 Å². The van der Waals surface area contributed by atoms with Crippen molar-refractivity contribution >= 4 is 11.6 Å². The van der Waals surface area contributed by atoms with Gasteiger partial charge in [-0.15, -0.1) is 30.6 Å². The maximum absolute atomic E-state index is 11.5. The van der Waals surface area contributed by atoms with Crippen LogP contribution in [0.3, 0.4) is 0 Å². The molecule has 2 N–H and O–H groups in total. The van der Waals surface area contributed by atoms with Crippen molar-refractivity contribution in [3.05, 3.63) is 75.9 Å². The van der Waals surface area contributed by atoms with Crippen LogP contribution in [-0.2, 0) is 48.9 Å². The van der Waals surface area contributed by atoms with Crippen molar-refractivity contribution in [1.29, 1.82) is 0 Å². The Labute approximate surface area is 694 Å². The van der Waals surface area contributed by atoms with Gasteiger partial charge in [-0.05, 0) is 143 Å². The summed E-state index contributed by atoms with van der Waals surface area (Å²) in [5, 5.41) is 42.2. The summed E-state index contributed by atoms with van der Waals surface area (Å²) in [6.07, 6.45) is 51.0. The number of ketones is 2. The normalized spacial score (nSPS) is 28.3. The molecule has 10 unspecified atom stereocenters. The molecule has 0 aromatic carbocycles. The van der Waals surface area contributed by atoms with Gasteiger partial charge in [0.15, 0.2) is 0 Å². The smallest absolute Gasteiger partial charge is 0.137 e. The van der Waals surface area contributed by atoms with Crippen LogP contribution >= 0.6 is 0 Å². The topological polar surface area (TPSA) is 275 Å². The van der Waals surface area contributed by atoms with Crippen LogP contribution in [-0.4, -0.2) is 373 Å². The highest BCUT2D eigenvalue weighted by molar-refractivity contribution is 5.82. The first kappa shape index (κ1) is 90.5. The molecule has 12 heterocycles. The third-order valence-electron chi connectivity index (χ3n) is 26.9. The summed E-state index contributed by atoms with van der Waals surface area (Å²) in [5.74, 6) is 4.21. The fourth-order valence-electron chi connectivity index (χ4n) is 19.6. The van der Waals surface area contributed by atoms with Crippen LogP contribution in [0.15, 0.2) is 75.9 Å². The molecule has 6 aliphatic carbocycles. The summed E-state index contributed by atoms with van der Waals surface area (Å²) in [4.78, 5) is 60.2. The Morgan fingerprint density at radius 3 is 0.793 bits per heavy atom. The van der Waals surface area contributed by atoms with Crippen molar-refractivity contribution < 1.29 is 9.59 Å². The molecule has 0 spiro atoms. The van der Waals surface area contributed by atoms with Gasteiger partial charge in [-0.3, -0.25) is 43.2 Å². The quantitative estimate of drug-likeness (QED) is 0.122. The summed E-state index contributed by atoms with van der Waals surface area (Å²) in [6.45, 7) is 34.8. The summed E-state index contributed by atoms with van der Waals surface area (Å²) >= 11 is 0. The maximum Gasteiger partial charge on any atom is 0.137 e. The monoisotopic (exact) mass is 1610 g/mol. The Hall–Kier alpha value is -6.30. The second-order valence-corrected chi connectivity index (χ2v) is 35.6. The van der Waals surface area contributed by atoms with Crippen molar-refractivity contribution in [3.63, 3.8) is 0 Å². The van der Waals surface area contributed by atoms with Gasteiger partial charge in [0.2, 0.25) is 0 Å². The molecule has 6 aromatic heterocycles. The minimum atomic E-state index is 0.176. The molecule has 6 aromatic rings. The molecule has 6 saturated carbocycles. The van der Waals surface area contributed by atoms with Gasteiger partial charge in [-0.25, -0.2) is 15.0 Å². The van der Waals surface area contributed by atoms with Gasteiger partial charge in [-0.1, -0.05) is 64.2 Å². The Balaban J connectivity index is 0.000000133. The van der Waals surface area contributed by atoms with Gasteiger partial charge in [0.05, 0.1) is 6.54 Å². The maximum atomic E-state index is 11.5. The molecule has 32 nitrogen and oxygen atoms in total. The highest BCUT2D eigenvalue weighted by Crippen LogP contribution is 2.35. The number of likely N-dealkylation sites (N-methyl/N-ethyl adjacent to an activating group) is 6. The number of nitrogens with one attached hydrogen (secondary N) is 2. The highest BCUT2D eigenvalue weighted by Gasteiger charge is 2.37. The van der Waals surface area contributed by atoms with Gasteiger partial charge in [-0.2, -0.15) is 15.3 Å². The fourth-order valence-corrected chi connectivity index (χ4v) is 19.6. The Morgan fingerprint density at radius 2 is 0.526 bits per heavy atom. The molecular formula is C84H150N30O2. The van der Waals surface area contributed by atoms with Crippen LogP contribution in [0.1, 0.15) is 154 Å². The number of piperazine rings is 6. The van der Waals surface area contributed by atoms with E-state index in [9.17, 15) is 9.59 Å². The van der Waals surface area contributed by atoms with E-state index in [-0.39, 0.29) is 11.8 Å². The van der Waals surface area contributed by atoms with E-state index in [0.29, 0.717) is 18.1 Å². The zero-order valence-corrected chi connectivity index (χ0v) is 72.2. The molecule has 0 bridgehead atoms. The number of aromatic nitrogens is 18. The summed E-state index contributed by atoms with van der Waals surface area (Å²) < 4.78 is 12.0. The zero-order chi connectivity index (χ0) is 80.7. The van der Waals surface area contributed by atoms with E-state index in [0.717, 1.165) is 145 Å². The Bertz CT molecular complexity index is 3040. The predicted molar refractivity (Wildman–Crippen MR) is 454 cm³/mol. The van der Waals surface area contributed by atoms with Crippen LogP contribution in [0, 0.1) is 35.5 Å². The van der Waals surface area contributed by atoms with Crippen molar-refractivity contribution in [2.75, 3.05) is 199 Å². The lowest BCUT2D eigenvalue weighted by molar-refractivity contribution is -0.125. The molecule has 6 saturated heterocycles. The van der Waals surface area contributed by atoms with Gasteiger partial charge >= 0.3 is 0 Å². The number of rotatable bonds is 16. The van der Waals surface area contributed by atoms with E-state index in [1.165, 1.54) is 253 Å². The van der Waals surface area contributed by atoms with Crippen molar-refractivity contribution in [1.82, 2.24) is 148 Å². The number of carbonyl (C=O) groups is 2. The molecule has 648 valence electrons. The van der Waals surface area contributed by atoms with Gasteiger partial charge < -0.3 is 53.7 Å². The third kappa shape index (κ3) is 31.4. The fraction of sp³-hybridized carbons (Fsp3) is 0.833. The first-order valence-electron chi connectivity index (χ1n) is 45.3. The SMILES string of the molecule is CN1CCN(C2CCCCC2Cn2cncn2)CC1.CN1CCN(C2CCCCC2Cn2cncn2)CC1.CN1CCN(C2CCCCC2Cn2cnnc2)CC1.CN1CCN(C2CCCCC2Cn2cnnc2)CC1.CN1CCNCC1.CN1CCNCC1.O=C1CCCCC1Cn1cncn1.O=C1CCCCC1Cn1cnnc1. The largest absolute Gasteiger partial charge is 0.320 e. The second kappa shape index (κ2) is 50.7. The second-order valence-electron chi connectivity index (χ2n) is 35.6. The molecule has 18 rings (SSSR count). The first-order chi connectivity index (χ1) is 56.8. The summed E-state index contributed by atoms with van der Waals surface area (Å²) in [7, 11) is 13.2. The molecule has 10 atom stereocenters. The van der Waals surface area contributed by atoms with Gasteiger partial charge in [0, 0.05) is 239 Å². The van der Waals surface area contributed by atoms with Gasteiger partial charge in [0.1, 0.15) is 87.5 Å². The lowest BCUT2D eigenvalue weighted by Crippen LogP contribution is -2.52. The molecule has 6 aliphatic heterocycles. The molecule has 32 heteroatoms. The average Bonchev–Trinajstić information content (AvgIpc) is 1.21. The minimum Gasteiger partial charge on any atom is -0.320 e. The zero-order valence-electron chi connectivity index (χ0n) is 72.2. The number of carbonyl (C=O) groups excluding carboxylic acids is 2. The lowest BCUT2D eigenvalue weighted by atomic mass is 9.83. The number of Topliss-reactive ketones (excluding diaryl/α,β-unsaturated/α-hetero) is 2. The van der Waals surface area contributed by atoms with E-state index in [1.54, 1.807) is 36.3 Å². The molecule has 116 heavy (non-hydrogen) atoms. The van der Waals surface area contributed by atoms with Crippen molar-refractivity contribution in [3.8, 4) is 0 Å². The Kier molecular flexibility index (Phi) is 39.5. The van der Waals surface area contributed by atoms with Crippen molar-refractivity contribution in [2.45, 2.75) is 218 Å². The number of nitrogens with zero attached hydrogens (tertiary/aromatic N) is 28. The standard InChI is InChI=1S/4C14H25N5.2C9H13N3O.2C5H12N2/c2*1-17-6-8-19(9-7-17)14-5-3-2-4-13(14)10-18-11-15-16-12-18;2*1-17-6-8-18(9-7-17)14-5-3-2-4-13(14)10-19-12-15-11-16-19;13-9-4-2-1-3-8(9)5-12-6-10-11-7-12;13-9-4-2-1-3-8(9)5-12-7-10-6-11-12;2*1-7-4-2-6-3-5-7/h4*11-14H,2-10H2,1H3;2*6-8H,1-5H2;2*6H,2-5H2,1H3. The van der Waals surface area contributed by atoms with Crippen LogP contribution in [0.4, 0.5) is 0 Å². The summed E-state index contributed by atoms with van der Waals surface area (Å²) in [5.41, 5.74) is 0. The molecule has 12 aliphatic rings. The van der Waals surface area contributed by atoms with E-state index < -0.39 is 0 Å². The van der Waals surface area contributed by atoms with Gasteiger partial charge in [0.25, 0.3) is 0 Å². The third-order valence-corrected chi connectivity index (χ3v) is 26.9. The van der Waals surface area contributed by atoms with E-state index in [2.05, 4.69) is 172 Å². The van der Waals surface area contributed by atoms with E-state index >= 15 is 0 Å². The molecular weight excluding hydrogens is 1460 g/mol. The Morgan fingerprint density at radius 1 is 0.276 bits per heavy atom. The predicted octanol–water partition coefficient (Wildman–Crippen LogP) is 5.45. The average molecular weight is 1610 g/mol. The summed E-state index contributed by atoms with van der Waals surface area (Å²) in [6, 6.07) is 3.05. The van der Waals surface area contributed by atoms with E-state index in [4.69, 9.17) is 0 Å². The lowest BCUT2D eigenvalue weighted by Gasteiger charge is -2.43. The molecule has 12 fully saturated rings. The van der Waals surface area contributed by atoms with Crippen molar-refractivity contribution in [2.24, 2.45) is 35.5 Å². The van der Waals surface area contributed by atoms with Crippen LogP contribution in [0.2, 0.25) is 0 Å². The number of hydrogen-bond acceptors (Lipinski definition) is 26. The van der Waals surface area contributed by atoms with E-state index in [1.807, 2.05) is 51.9 Å². The highest BCUT2D eigenvalue weighted by atomic mass is 16.1. The molecule has 0 radical (unpaired) electrons. The number of hydrogen-bond donors (Lipinski definition) is 2. The van der Waals surface area contributed by atoms with Crippen LogP contribution < -0.4 is 10.6 Å². The molecule has 0 amide bonds.